The Bertz CT molecular complexity index is 887. The highest BCUT2D eigenvalue weighted by atomic mass is 35.5. The number of halogens is 6. The van der Waals surface area contributed by atoms with Crippen LogP contribution in [-0.2, 0) is 10.7 Å². The van der Waals surface area contributed by atoms with E-state index < -0.39 is 23.6 Å². The molecule has 0 bridgehead atoms. The van der Waals surface area contributed by atoms with Crippen LogP contribution in [0.4, 0.5) is 27.6 Å². The van der Waals surface area contributed by atoms with Crippen LogP contribution in [0.2, 0.25) is 5.15 Å². The number of nitrogens with zero attached hydrogens (tertiary/aromatic N) is 1. The van der Waals surface area contributed by atoms with E-state index in [0.717, 1.165) is 6.07 Å². The van der Waals surface area contributed by atoms with Gasteiger partial charge in [-0.3, -0.25) is 4.79 Å². The second-order valence-corrected chi connectivity index (χ2v) is 6.20. The van der Waals surface area contributed by atoms with Crippen molar-refractivity contribution in [3.8, 4) is 5.75 Å². The second kappa shape index (κ2) is 7.51. The maximum atomic E-state index is 13.6. The van der Waals surface area contributed by atoms with Crippen LogP contribution in [0.1, 0.15) is 15.9 Å². The Morgan fingerprint density at radius 1 is 1.29 bits per heavy atom. The summed E-state index contributed by atoms with van der Waals surface area (Å²) in [5, 5.41) is 2.27. The molecule has 1 amide bonds. The Hall–Kier alpha value is -2.46. The fourth-order valence-electron chi connectivity index (χ4n) is 2.20. The van der Waals surface area contributed by atoms with Crippen molar-refractivity contribution < 1.29 is 36.2 Å². The molecular formula is C17H12ClF5N2O3. The molecule has 0 aliphatic carbocycles. The zero-order valence-electron chi connectivity index (χ0n) is 13.9. The van der Waals surface area contributed by atoms with Gasteiger partial charge < -0.3 is 14.8 Å². The van der Waals surface area contributed by atoms with Gasteiger partial charge in [-0.2, -0.15) is 22.0 Å². The summed E-state index contributed by atoms with van der Waals surface area (Å²) in [5.74, 6) is -6.18. The molecular weight excluding hydrogens is 411 g/mol. The predicted octanol–water partition coefficient (Wildman–Crippen LogP) is 4.42. The molecule has 11 heteroatoms. The van der Waals surface area contributed by atoms with Crippen molar-refractivity contribution in [1.29, 1.82) is 0 Å². The van der Waals surface area contributed by atoms with E-state index in [1.165, 1.54) is 18.3 Å². The largest absolute Gasteiger partial charge is 0.489 e. The Kier molecular flexibility index (Phi) is 5.44. The molecule has 2 heterocycles. The van der Waals surface area contributed by atoms with Gasteiger partial charge in [0.15, 0.2) is 0 Å². The van der Waals surface area contributed by atoms with Crippen LogP contribution in [0.5, 0.6) is 5.75 Å². The van der Waals surface area contributed by atoms with Gasteiger partial charge in [-0.25, -0.2) is 4.98 Å². The van der Waals surface area contributed by atoms with E-state index in [1.807, 2.05) is 0 Å². The summed E-state index contributed by atoms with van der Waals surface area (Å²) < 4.78 is 75.5. The van der Waals surface area contributed by atoms with E-state index in [-0.39, 0.29) is 34.9 Å². The van der Waals surface area contributed by atoms with Gasteiger partial charge >= 0.3 is 12.1 Å². The van der Waals surface area contributed by atoms with Gasteiger partial charge in [-0.05, 0) is 24.3 Å². The fraction of sp³-hybridized carbons (Fsp3) is 0.294. The standard InChI is InChI=1S/C17H12ClF5N2O3/c18-14-11(2-1-5-24-14)15(26)25-12-4-3-9(16(19,20)17(21,22)23)6-13(12)28-8-10-7-27-10/h1-6,10H,7-8H2,(H,25,26)/t10-/m0/s1. The number of nitrogens with one attached hydrogen (secondary N) is 1. The maximum absolute atomic E-state index is 13.6. The highest BCUT2D eigenvalue weighted by Crippen LogP contribution is 2.45. The zero-order valence-corrected chi connectivity index (χ0v) is 14.7. The van der Waals surface area contributed by atoms with Crippen LogP contribution in [0.15, 0.2) is 36.5 Å². The van der Waals surface area contributed by atoms with Gasteiger partial charge in [0.2, 0.25) is 0 Å². The third kappa shape index (κ3) is 4.33. The summed E-state index contributed by atoms with van der Waals surface area (Å²) in [7, 11) is 0. The molecule has 1 saturated heterocycles. The first-order valence-electron chi connectivity index (χ1n) is 7.85. The smallest absolute Gasteiger partial charge is 0.458 e. The van der Waals surface area contributed by atoms with Gasteiger partial charge in [-0.15, -0.1) is 0 Å². The van der Waals surface area contributed by atoms with Crippen LogP contribution in [-0.4, -0.2) is 36.4 Å². The lowest BCUT2D eigenvalue weighted by Crippen LogP contribution is -2.33. The Balaban J connectivity index is 1.91. The number of benzene rings is 1. The lowest BCUT2D eigenvalue weighted by atomic mass is 10.1. The molecule has 1 N–H and O–H groups in total. The van der Waals surface area contributed by atoms with Crippen LogP contribution < -0.4 is 10.1 Å². The predicted molar refractivity (Wildman–Crippen MR) is 88.8 cm³/mol. The van der Waals surface area contributed by atoms with Gasteiger partial charge in [0, 0.05) is 11.8 Å². The molecule has 28 heavy (non-hydrogen) atoms. The van der Waals surface area contributed by atoms with Crippen LogP contribution in [0.3, 0.4) is 0 Å². The van der Waals surface area contributed by atoms with Crippen molar-refractivity contribution in [2.75, 3.05) is 18.5 Å². The number of hydrogen-bond donors (Lipinski definition) is 1. The average Bonchev–Trinajstić information content (AvgIpc) is 3.44. The van der Waals surface area contributed by atoms with Crippen molar-refractivity contribution >= 4 is 23.2 Å². The van der Waals surface area contributed by atoms with E-state index in [0.29, 0.717) is 18.7 Å². The summed E-state index contributed by atoms with van der Waals surface area (Å²) in [6.07, 6.45) is -4.71. The van der Waals surface area contributed by atoms with Gasteiger partial charge in [-0.1, -0.05) is 17.7 Å². The van der Waals surface area contributed by atoms with E-state index in [9.17, 15) is 26.7 Å². The number of anilines is 1. The second-order valence-electron chi connectivity index (χ2n) is 5.85. The highest BCUT2D eigenvalue weighted by Gasteiger charge is 2.58. The summed E-state index contributed by atoms with van der Waals surface area (Å²) in [4.78, 5) is 16.1. The minimum absolute atomic E-state index is 0.00894. The number of carbonyl (C=O) groups is 1. The third-order valence-corrected chi connectivity index (χ3v) is 4.08. The minimum atomic E-state index is -5.78. The molecule has 0 unspecified atom stereocenters. The van der Waals surface area contributed by atoms with Crippen molar-refractivity contribution in [1.82, 2.24) is 4.98 Å². The molecule has 1 aliphatic rings. The van der Waals surface area contributed by atoms with Crippen molar-refractivity contribution in [3.63, 3.8) is 0 Å². The maximum Gasteiger partial charge on any atom is 0.458 e. The SMILES string of the molecule is O=C(Nc1ccc(C(F)(F)C(F)(F)F)cc1OC[C@@H]1CO1)c1cccnc1Cl. The lowest BCUT2D eigenvalue weighted by molar-refractivity contribution is -0.289. The molecule has 1 aromatic carbocycles. The first kappa shape index (κ1) is 20.3. The normalized spacial score (nSPS) is 16.6. The van der Waals surface area contributed by atoms with E-state index in [2.05, 4.69) is 10.3 Å². The van der Waals surface area contributed by atoms with Crippen LogP contribution >= 0.6 is 11.6 Å². The van der Waals surface area contributed by atoms with Gasteiger partial charge in [0.05, 0.1) is 17.9 Å². The Morgan fingerprint density at radius 3 is 2.61 bits per heavy atom. The number of pyridine rings is 1. The fourth-order valence-corrected chi connectivity index (χ4v) is 2.40. The van der Waals surface area contributed by atoms with Crippen molar-refractivity contribution in [2.24, 2.45) is 0 Å². The first-order chi connectivity index (χ1) is 13.1. The third-order valence-electron chi connectivity index (χ3n) is 3.78. The lowest BCUT2D eigenvalue weighted by Gasteiger charge is -2.21. The van der Waals surface area contributed by atoms with Crippen molar-refractivity contribution in [3.05, 3.63) is 52.8 Å². The Labute approximate surface area is 160 Å². The molecule has 1 aliphatic heterocycles. The summed E-state index contributed by atoms with van der Waals surface area (Å²) in [6, 6.07) is 4.83. The van der Waals surface area contributed by atoms with E-state index in [1.54, 1.807) is 0 Å². The quantitative estimate of drug-likeness (QED) is 0.425. The van der Waals surface area contributed by atoms with Crippen LogP contribution in [0.25, 0.3) is 0 Å². The number of ether oxygens (including phenoxy) is 2. The number of carbonyl (C=O) groups excluding carboxylic acids is 1. The molecule has 150 valence electrons. The molecule has 3 rings (SSSR count). The van der Waals surface area contributed by atoms with Crippen molar-refractivity contribution in [2.45, 2.75) is 18.2 Å². The summed E-state index contributed by atoms with van der Waals surface area (Å²) >= 11 is 5.83. The monoisotopic (exact) mass is 422 g/mol. The molecule has 0 saturated carbocycles. The minimum Gasteiger partial charge on any atom is -0.489 e. The van der Waals surface area contributed by atoms with Gasteiger partial charge in [0.1, 0.15) is 23.6 Å². The van der Waals surface area contributed by atoms with E-state index in [4.69, 9.17) is 21.1 Å². The molecule has 0 radical (unpaired) electrons. The number of hydrogen-bond acceptors (Lipinski definition) is 4. The molecule has 1 aromatic heterocycles. The average molecular weight is 423 g/mol. The zero-order chi connectivity index (χ0) is 20.5. The Morgan fingerprint density at radius 2 is 2.00 bits per heavy atom. The number of epoxide rings is 1. The highest BCUT2D eigenvalue weighted by molar-refractivity contribution is 6.33. The first-order valence-corrected chi connectivity index (χ1v) is 8.22. The molecule has 0 spiro atoms. The van der Waals surface area contributed by atoms with Crippen LogP contribution in [0, 0.1) is 0 Å². The molecule has 2 aromatic rings. The summed E-state index contributed by atoms with van der Waals surface area (Å²) in [6.45, 7) is 0.308. The number of aromatic nitrogens is 1. The molecule has 5 nitrogen and oxygen atoms in total. The van der Waals surface area contributed by atoms with E-state index >= 15 is 0 Å². The van der Waals surface area contributed by atoms with Gasteiger partial charge in [0.25, 0.3) is 5.91 Å². The summed E-state index contributed by atoms with van der Waals surface area (Å²) in [5.41, 5.74) is -1.43. The topological polar surface area (TPSA) is 63.8 Å². The number of amides is 1. The number of rotatable bonds is 6. The number of alkyl halides is 5. The molecule has 1 fully saturated rings. The molecule has 1 atom stereocenters.